The quantitative estimate of drug-likeness (QED) is 0.228. The molecule has 0 saturated carbocycles. The fraction of sp³-hybridized carbons (Fsp3) is 0.278. The summed E-state index contributed by atoms with van der Waals surface area (Å²) in [5, 5.41) is 0. The van der Waals surface area contributed by atoms with Gasteiger partial charge < -0.3 is 23.7 Å². The van der Waals surface area contributed by atoms with Gasteiger partial charge in [0.15, 0.2) is 6.79 Å². The van der Waals surface area contributed by atoms with Gasteiger partial charge >= 0.3 is 12.3 Å². The van der Waals surface area contributed by atoms with Gasteiger partial charge in [-0.1, -0.05) is 0 Å². The third-order valence-electron chi connectivity index (χ3n) is 3.37. The summed E-state index contributed by atoms with van der Waals surface area (Å²) in [4.78, 5) is 12.1. The van der Waals surface area contributed by atoms with Crippen LogP contribution in [0.2, 0.25) is 0 Å². The van der Waals surface area contributed by atoms with E-state index in [2.05, 4.69) is 4.74 Å². The molecule has 2 aromatic rings. The van der Waals surface area contributed by atoms with Crippen molar-refractivity contribution in [2.45, 2.75) is 12.5 Å². The van der Waals surface area contributed by atoms with Gasteiger partial charge in [0.05, 0.1) is 18.8 Å². The van der Waals surface area contributed by atoms with Crippen LogP contribution < -0.4 is 14.2 Å². The van der Waals surface area contributed by atoms with Gasteiger partial charge in [-0.15, -0.1) is 13.2 Å². The van der Waals surface area contributed by atoms with E-state index in [1.165, 1.54) is 24.3 Å². The third-order valence-corrected chi connectivity index (χ3v) is 3.37. The Morgan fingerprint density at radius 1 is 1.00 bits per heavy atom. The molecule has 1 atom stereocenters. The highest BCUT2D eigenvalue weighted by molar-refractivity contribution is 5.91. The molecule has 1 aliphatic heterocycles. The van der Waals surface area contributed by atoms with E-state index in [0.29, 0.717) is 19.0 Å². The van der Waals surface area contributed by atoms with Gasteiger partial charge in [-0.05, 0) is 48.5 Å². The van der Waals surface area contributed by atoms with E-state index in [9.17, 15) is 18.0 Å². The number of rotatable bonds is 8. The maximum absolute atomic E-state index is 12.1. The maximum atomic E-state index is 12.1. The first-order chi connectivity index (χ1) is 12.9. The molecular weight excluding hydrogens is 369 g/mol. The van der Waals surface area contributed by atoms with Crippen LogP contribution >= 0.6 is 0 Å². The molecule has 0 bridgehead atoms. The molecule has 0 aromatic heterocycles. The van der Waals surface area contributed by atoms with Gasteiger partial charge in [0.2, 0.25) is 0 Å². The van der Waals surface area contributed by atoms with E-state index in [0.717, 1.165) is 12.1 Å². The first-order valence-corrected chi connectivity index (χ1v) is 7.89. The number of ether oxygens (including phenoxy) is 5. The second kappa shape index (κ2) is 8.28. The molecule has 0 radical (unpaired) electrons. The molecule has 0 spiro atoms. The van der Waals surface area contributed by atoms with Gasteiger partial charge in [-0.3, -0.25) is 0 Å². The average Bonchev–Trinajstić information content (AvgIpc) is 3.44. The second-order valence-corrected chi connectivity index (χ2v) is 5.52. The van der Waals surface area contributed by atoms with E-state index < -0.39 is 18.1 Å². The van der Waals surface area contributed by atoms with Gasteiger partial charge in [0.25, 0.3) is 0 Å². The number of hydrogen-bond acceptors (Lipinski definition) is 6. The van der Waals surface area contributed by atoms with E-state index in [1.54, 1.807) is 12.1 Å². The monoisotopic (exact) mass is 384 g/mol. The number of benzene rings is 2. The van der Waals surface area contributed by atoms with Crippen molar-refractivity contribution in [2.75, 3.05) is 20.0 Å². The largest absolute Gasteiger partial charge is 0.573 e. The second-order valence-electron chi connectivity index (χ2n) is 5.52. The third kappa shape index (κ3) is 6.46. The lowest BCUT2D eigenvalue weighted by atomic mass is 10.2. The Morgan fingerprint density at radius 3 is 2.19 bits per heavy atom. The summed E-state index contributed by atoms with van der Waals surface area (Å²) < 4.78 is 60.8. The molecule has 9 heteroatoms. The topological polar surface area (TPSA) is 66.5 Å². The van der Waals surface area contributed by atoms with Crippen LogP contribution in [0.1, 0.15) is 10.4 Å². The number of epoxide rings is 1. The number of carbonyl (C=O) groups is 1. The van der Waals surface area contributed by atoms with E-state index >= 15 is 0 Å². The molecule has 1 unspecified atom stereocenters. The smallest absolute Gasteiger partial charge is 0.468 e. The number of hydrogen-bond donors (Lipinski definition) is 0. The maximum Gasteiger partial charge on any atom is 0.573 e. The van der Waals surface area contributed by atoms with Crippen LogP contribution in [-0.2, 0) is 9.47 Å². The van der Waals surface area contributed by atoms with Crippen LogP contribution in [0, 0.1) is 0 Å². The number of halogens is 3. The zero-order valence-corrected chi connectivity index (χ0v) is 13.9. The minimum Gasteiger partial charge on any atom is -0.468 e. The van der Waals surface area contributed by atoms with Crippen molar-refractivity contribution in [2.24, 2.45) is 0 Å². The van der Waals surface area contributed by atoms with Gasteiger partial charge in [-0.2, -0.15) is 0 Å². The summed E-state index contributed by atoms with van der Waals surface area (Å²) in [5.41, 5.74) is 0.255. The van der Waals surface area contributed by atoms with Crippen molar-refractivity contribution in [3.05, 3.63) is 54.1 Å². The summed E-state index contributed by atoms with van der Waals surface area (Å²) >= 11 is 0. The molecule has 1 heterocycles. The van der Waals surface area contributed by atoms with Crippen molar-refractivity contribution in [1.82, 2.24) is 0 Å². The van der Waals surface area contributed by atoms with E-state index in [1.807, 2.05) is 0 Å². The first kappa shape index (κ1) is 19.0. The lowest BCUT2D eigenvalue weighted by molar-refractivity contribution is -0.274. The summed E-state index contributed by atoms with van der Waals surface area (Å²) in [5.74, 6) is -0.463. The van der Waals surface area contributed by atoms with E-state index in [4.69, 9.17) is 18.9 Å². The van der Waals surface area contributed by atoms with Crippen LogP contribution in [0.3, 0.4) is 0 Å². The van der Waals surface area contributed by atoms with Gasteiger partial charge in [0, 0.05) is 0 Å². The van der Waals surface area contributed by atoms with Gasteiger partial charge in [-0.25, -0.2) is 4.79 Å². The Kier molecular flexibility index (Phi) is 5.82. The number of carbonyl (C=O) groups excluding carboxylic acids is 1. The lowest BCUT2D eigenvalue weighted by Crippen LogP contribution is -2.17. The minimum absolute atomic E-state index is 0.0655. The Labute approximate surface area is 152 Å². The Hall–Kier alpha value is -2.78. The summed E-state index contributed by atoms with van der Waals surface area (Å²) in [7, 11) is 0. The molecule has 1 aliphatic rings. The molecule has 144 valence electrons. The number of esters is 1. The molecule has 3 rings (SSSR count). The summed E-state index contributed by atoms with van der Waals surface area (Å²) in [6, 6.07) is 10.7. The SMILES string of the molecule is O=C(Oc1ccc(OC(F)(F)F)cc1)c1ccc(OCOCC2CO2)cc1. The molecular formula is C18H15F3O6. The molecule has 27 heavy (non-hydrogen) atoms. The molecule has 1 fully saturated rings. The lowest BCUT2D eigenvalue weighted by Gasteiger charge is -2.10. The summed E-state index contributed by atoms with van der Waals surface area (Å²) in [6.07, 6.45) is -4.63. The zero-order chi connectivity index (χ0) is 19.3. The van der Waals surface area contributed by atoms with Crippen molar-refractivity contribution in [3.63, 3.8) is 0 Å². The predicted molar refractivity (Wildman–Crippen MR) is 85.7 cm³/mol. The van der Waals surface area contributed by atoms with Crippen LogP contribution in [0.5, 0.6) is 17.2 Å². The zero-order valence-electron chi connectivity index (χ0n) is 13.9. The minimum atomic E-state index is -4.78. The van der Waals surface area contributed by atoms with Gasteiger partial charge in [0.1, 0.15) is 23.4 Å². The fourth-order valence-corrected chi connectivity index (χ4v) is 2.02. The Morgan fingerprint density at radius 2 is 1.59 bits per heavy atom. The Balaban J connectivity index is 1.48. The van der Waals surface area contributed by atoms with Crippen LogP contribution in [0.25, 0.3) is 0 Å². The molecule has 0 N–H and O–H groups in total. The van der Waals surface area contributed by atoms with Crippen LogP contribution in [-0.4, -0.2) is 38.4 Å². The van der Waals surface area contributed by atoms with Crippen molar-refractivity contribution >= 4 is 5.97 Å². The first-order valence-electron chi connectivity index (χ1n) is 7.89. The highest BCUT2D eigenvalue weighted by atomic mass is 19.4. The van der Waals surface area contributed by atoms with Crippen molar-refractivity contribution in [1.29, 1.82) is 0 Å². The Bertz CT molecular complexity index is 754. The molecule has 0 amide bonds. The number of alkyl halides is 3. The standard InChI is InChI=1S/C18H15F3O6/c19-18(20,21)27-15-7-5-14(6-8-15)26-17(22)12-1-3-13(4-2-12)25-11-23-9-16-10-24-16/h1-8,16H,9-11H2. The predicted octanol–water partition coefficient (Wildman–Crippen LogP) is 3.56. The highest BCUT2D eigenvalue weighted by Gasteiger charge is 2.31. The average molecular weight is 384 g/mol. The molecule has 1 saturated heterocycles. The van der Waals surface area contributed by atoms with Crippen molar-refractivity contribution in [3.8, 4) is 17.2 Å². The molecule has 0 aliphatic carbocycles. The van der Waals surface area contributed by atoms with Crippen LogP contribution in [0.15, 0.2) is 48.5 Å². The van der Waals surface area contributed by atoms with Crippen molar-refractivity contribution < 1.29 is 41.7 Å². The molecule has 6 nitrogen and oxygen atoms in total. The van der Waals surface area contributed by atoms with Crippen LogP contribution in [0.4, 0.5) is 13.2 Å². The highest BCUT2D eigenvalue weighted by Crippen LogP contribution is 2.25. The van der Waals surface area contributed by atoms with E-state index in [-0.39, 0.29) is 24.2 Å². The molecule has 2 aromatic carbocycles. The fourth-order valence-electron chi connectivity index (χ4n) is 2.02. The summed E-state index contributed by atoms with van der Waals surface area (Å²) in [6.45, 7) is 1.24. The normalized spacial score (nSPS) is 15.9.